The molecule has 0 spiro atoms. The topological polar surface area (TPSA) is 101 Å². The first-order valence-corrected chi connectivity index (χ1v) is 11.9. The van der Waals surface area contributed by atoms with Gasteiger partial charge in [-0.1, -0.05) is 32.9 Å². The van der Waals surface area contributed by atoms with E-state index in [9.17, 15) is 23.3 Å². The number of amides is 1. The average molecular weight is 438 g/mol. The molecule has 9 heteroatoms. The lowest BCUT2D eigenvalue weighted by molar-refractivity contribution is -0.387. The Kier molecular flexibility index (Phi) is 6.52. The molecule has 2 atom stereocenters. The zero-order valence-electron chi connectivity index (χ0n) is 17.9. The van der Waals surface area contributed by atoms with Gasteiger partial charge in [0.25, 0.3) is 5.69 Å². The maximum atomic E-state index is 12.9. The molecule has 0 aromatic heterocycles. The monoisotopic (exact) mass is 437 g/mol. The van der Waals surface area contributed by atoms with Crippen LogP contribution < -0.4 is 0 Å². The van der Waals surface area contributed by atoms with Crippen molar-refractivity contribution in [3.63, 3.8) is 0 Å². The van der Waals surface area contributed by atoms with E-state index in [1.165, 1.54) is 35.0 Å². The van der Waals surface area contributed by atoms with Gasteiger partial charge in [0.05, 0.1) is 4.92 Å². The second kappa shape index (κ2) is 8.63. The summed E-state index contributed by atoms with van der Waals surface area (Å²) in [5.41, 5.74) is -0.176. The van der Waals surface area contributed by atoms with Crippen LogP contribution in [0.2, 0.25) is 0 Å². The standard InChI is InChI=1S/C21H31N3O5S/c1-16-12-17(15-21(2,3)14-16)13-20(25)22-8-10-23(11-9-22)30(28,29)19-7-5-4-6-18(19)24(26)27/h4-7,16-17H,8-15H2,1-3H3. The van der Waals surface area contributed by atoms with Gasteiger partial charge in [0.15, 0.2) is 4.90 Å². The van der Waals surface area contributed by atoms with E-state index in [4.69, 9.17) is 0 Å². The zero-order valence-corrected chi connectivity index (χ0v) is 18.7. The van der Waals surface area contributed by atoms with Crippen molar-refractivity contribution < 1.29 is 18.1 Å². The van der Waals surface area contributed by atoms with Gasteiger partial charge in [-0.05, 0) is 42.6 Å². The molecule has 1 amide bonds. The van der Waals surface area contributed by atoms with Crippen LogP contribution in [-0.2, 0) is 14.8 Å². The van der Waals surface area contributed by atoms with Crippen molar-refractivity contribution in [2.45, 2.75) is 51.3 Å². The fourth-order valence-corrected chi connectivity index (χ4v) is 6.80. The first-order chi connectivity index (χ1) is 14.0. The van der Waals surface area contributed by atoms with Crippen molar-refractivity contribution in [2.75, 3.05) is 26.2 Å². The summed E-state index contributed by atoms with van der Waals surface area (Å²) in [5, 5.41) is 11.2. The third-order valence-corrected chi connectivity index (χ3v) is 8.16. The number of rotatable bonds is 5. The average Bonchev–Trinajstić information content (AvgIpc) is 2.66. The lowest BCUT2D eigenvalue weighted by Gasteiger charge is -2.40. The van der Waals surface area contributed by atoms with Crippen LogP contribution in [0, 0.1) is 27.4 Å². The summed E-state index contributed by atoms with van der Waals surface area (Å²) in [6, 6.07) is 5.38. The first-order valence-electron chi connectivity index (χ1n) is 10.5. The largest absolute Gasteiger partial charge is 0.340 e. The second-order valence-electron chi connectivity index (χ2n) is 9.49. The highest BCUT2D eigenvalue weighted by Gasteiger charge is 2.36. The Balaban J connectivity index is 1.62. The van der Waals surface area contributed by atoms with E-state index in [1.54, 1.807) is 4.90 Å². The molecule has 1 saturated carbocycles. The summed E-state index contributed by atoms with van der Waals surface area (Å²) in [6.07, 6.45) is 3.78. The molecule has 166 valence electrons. The predicted molar refractivity (Wildman–Crippen MR) is 113 cm³/mol. The number of nitrogens with zero attached hydrogens (tertiary/aromatic N) is 3. The normalized spacial score (nSPS) is 25.1. The number of para-hydroxylation sites is 1. The molecule has 0 bridgehead atoms. The number of nitro benzene ring substituents is 1. The third kappa shape index (κ3) is 5.00. The highest BCUT2D eigenvalue weighted by atomic mass is 32.2. The molecule has 1 aliphatic heterocycles. The molecule has 1 aliphatic carbocycles. The van der Waals surface area contributed by atoms with Gasteiger partial charge in [0, 0.05) is 38.7 Å². The number of nitro groups is 1. The minimum atomic E-state index is -3.98. The van der Waals surface area contributed by atoms with E-state index in [-0.39, 0.29) is 29.3 Å². The van der Waals surface area contributed by atoms with E-state index in [0.717, 1.165) is 12.8 Å². The summed E-state index contributed by atoms with van der Waals surface area (Å²) in [7, 11) is -3.98. The summed E-state index contributed by atoms with van der Waals surface area (Å²) in [5.74, 6) is 1.05. The number of benzene rings is 1. The quantitative estimate of drug-likeness (QED) is 0.520. The van der Waals surface area contributed by atoms with E-state index in [2.05, 4.69) is 20.8 Å². The van der Waals surface area contributed by atoms with Gasteiger partial charge < -0.3 is 4.90 Å². The lowest BCUT2D eigenvalue weighted by atomic mass is 9.67. The molecular weight excluding hydrogens is 406 g/mol. The summed E-state index contributed by atoms with van der Waals surface area (Å²) < 4.78 is 27.1. The summed E-state index contributed by atoms with van der Waals surface area (Å²) in [6.45, 7) is 7.66. The van der Waals surface area contributed by atoms with Crippen molar-refractivity contribution in [2.24, 2.45) is 17.3 Å². The molecular formula is C21H31N3O5S. The molecule has 2 unspecified atom stereocenters. The van der Waals surface area contributed by atoms with Gasteiger partial charge >= 0.3 is 0 Å². The number of carbonyl (C=O) groups is 1. The molecule has 1 saturated heterocycles. The highest BCUT2D eigenvalue weighted by molar-refractivity contribution is 7.89. The van der Waals surface area contributed by atoms with E-state index in [1.807, 2.05) is 0 Å². The van der Waals surface area contributed by atoms with Crippen LogP contribution in [0.15, 0.2) is 29.2 Å². The van der Waals surface area contributed by atoms with Crippen molar-refractivity contribution in [1.29, 1.82) is 0 Å². The predicted octanol–water partition coefficient (Wildman–Crippen LogP) is 3.28. The Bertz CT molecular complexity index is 907. The summed E-state index contributed by atoms with van der Waals surface area (Å²) >= 11 is 0. The molecule has 0 radical (unpaired) electrons. The molecule has 2 aliphatic rings. The lowest BCUT2D eigenvalue weighted by Crippen LogP contribution is -2.51. The smallest absolute Gasteiger partial charge is 0.289 e. The zero-order chi connectivity index (χ0) is 22.1. The highest BCUT2D eigenvalue weighted by Crippen LogP contribution is 2.43. The van der Waals surface area contributed by atoms with Gasteiger partial charge in [-0.25, -0.2) is 8.42 Å². The molecule has 1 aromatic rings. The molecule has 30 heavy (non-hydrogen) atoms. The van der Waals surface area contributed by atoms with E-state index >= 15 is 0 Å². The fourth-order valence-electron chi connectivity index (χ4n) is 5.22. The van der Waals surface area contributed by atoms with Crippen LogP contribution in [0.1, 0.15) is 46.5 Å². The molecule has 1 aromatic carbocycles. The van der Waals surface area contributed by atoms with Gasteiger partial charge in [0.1, 0.15) is 0 Å². The van der Waals surface area contributed by atoms with E-state index in [0.29, 0.717) is 31.3 Å². The maximum Gasteiger partial charge on any atom is 0.289 e. The van der Waals surface area contributed by atoms with Crippen molar-refractivity contribution >= 4 is 21.6 Å². The van der Waals surface area contributed by atoms with Crippen LogP contribution in [0.3, 0.4) is 0 Å². The third-order valence-electron chi connectivity index (χ3n) is 6.21. The fraction of sp³-hybridized carbons (Fsp3) is 0.667. The van der Waals surface area contributed by atoms with Gasteiger partial charge in [-0.15, -0.1) is 0 Å². The minimum absolute atomic E-state index is 0.0765. The number of piperazine rings is 1. The summed E-state index contributed by atoms with van der Waals surface area (Å²) in [4.78, 5) is 24.8. The number of carbonyl (C=O) groups excluding carboxylic acids is 1. The number of sulfonamides is 1. The van der Waals surface area contributed by atoms with Gasteiger partial charge in [-0.2, -0.15) is 4.31 Å². The van der Waals surface area contributed by atoms with Gasteiger partial charge in [-0.3, -0.25) is 14.9 Å². The van der Waals surface area contributed by atoms with Crippen molar-refractivity contribution in [3.8, 4) is 0 Å². The maximum absolute atomic E-state index is 12.9. The molecule has 1 heterocycles. The Morgan fingerprint density at radius 3 is 2.40 bits per heavy atom. The van der Waals surface area contributed by atoms with Crippen LogP contribution in [0.25, 0.3) is 0 Å². The first kappa shape index (κ1) is 22.7. The SMILES string of the molecule is CC1CC(CC(=O)N2CCN(S(=O)(=O)c3ccccc3[N+](=O)[O-])CC2)CC(C)(C)C1. The van der Waals surface area contributed by atoms with Crippen molar-refractivity contribution in [3.05, 3.63) is 34.4 Å². The molecule has 3 rings (SSSR count). The second-order valence-corrected chi connectivity index (χ2v) is 11.4. The van der Waals surface area contributed by atoms with Gasteiger partial charge in [0.2, 0.25) is 15.9 Å². The molecule has 8 nitrogen and oxygen atoms in total. The van der Waals surface area contributed by atoms with Crippen LogP contribution >= 0.6 is 0 Å². The Labute approximate surface area is 178 Å². The Hall–Kier alpha value is -2.00. The van der Waals surface area contributed by atoms with Crippen molar-refractivity contribution in [1.82, 2.24) is 9.21 Å². The van der Waals surface area contributed by atoms with Crippen LogP contribution in [0.5, 0.6) is 0 Å². The Morgan fingerprint density at radius 2 is 1.80 bits per heavy atom. The minimum Gasteiger partial charge on any atom is -0.340 e. The number of hydrogen-bond acceptors (Lipinski definition) is 5. The van der Waals surface area contributed by atoms with Crippen LogP contribution in [-0.4, -0.2) is 54.6 Å². The van der Waals surface area contributed by atoms with Crippen LogP contribution in [0.4, 0.5) is 5.69 Å². The Morgan fingerprint density at radius 1 is 1.17 bits per heavy atom. The molecule has 2 fully saturated rings. The van der Waals surface area contributed by atoms with E-state index < -0.39 is 20.6 Å². The molecule has 0 N–H and O–H groups in total. The number of hydrogen-bond donors (Lipinski definition) is 0.